The van der Waals surface area contributed by atoms with E-state index >= 15 is 0 Å². The summed E-state index contributed by atoms with van der Waals surface area (Å²) in [5.74, 6) is 2.27. The van der Waals surface area contributed by atoms with Crippen LogP contribution < -0.4 is 5.32 Å². The highest BCUT2D eigenvalue weighted by atomic mass is 16.5. The molecule has 0 bridgehead atoms. The number of hydrogen-bond acceptors (Lipinski definition) is 6. The van der Waals surface area contributed by atoms with E-state index in [0.29, 0.717) is 12.5 Å². The number of benzene rings is 2. The molecular weight excluding hydrogens is 596 g/mol. The minimum Gasteiger partial charge on any atom is -0.483 e. The second kappa shape index (κ2) is 15.6. The van der Waals surface area contributed by atoms with Crippen LogP contribution in [0.3, 0.4) is 0 Å². The van der Waals surface area contributed by atoms with Crippen LogP contribution in [0, 0.1) is 5.92 Å². The average Bonchev–Trinajstić information content (AvgIpc) is 3.89. The van der Waals surface area contributed by atoms with E-state index in [1.54, 1.807) is 0 Å². The van der Waals surface area contributed by atoms with Gasteiger partial charge in [0, 0.05) is 12.5 Å². The van der Waals surface area contributed by atoms with Crippen LogP contribution in [0.25, 0.3) is 33.6 Å². The van der Waals surface area contributed by atoms with Crippen molar-refractivity contribution in [3.8, 4) is 33.6 Å². The van der Waals surface area contributed by atoms with Gasteiger partial charge in [0.05, 0.1) is 36.9 Å². The van der Waals surface area contributed by atoms with Crippen LogP contribution in [-0.2, 0) is 14.3 Å². The van der Waals surface area contributed by atoms with Gasteiger partial charge < -0.3 is 30.0 Å². The Bertz CT molecular complexity index is 1620. The monoisotopic (exact) mass is 640 g/mol. The minimum atomic E-state index is -0.655. The first-order chi connectivity index (χ1) is 22.8. The fourth-order valence-electron chi connectivity index (χ4n) is 6.60. The molecule has 2 atom stereocenters. The average molecular weight is 641 g/mol. The summed E-state index contributed by atoms with van der Waals surface area (Å²) in [5.41, 5.74) is 6.44. The Morgan fingerprint density at radius 2 is 1.36 bits per heavy atom. The summed E-state index contributed by atoms with van der Waals surface area (Å²) in [5, 5.41) is 9.59. The van der Waals surface area contributed by atoms with Crippen molar-refractivity contribution in [3.05, 3.63) is 72.6 Å². The van der Waals surface area contributed by atoms with Crippen molar-refractivity contribution in [2.24, 2.45) is 5.92 Å². The van der Waals surface area contributed by atoms with Gasteiger partial charge in [0.15, 0.2) is 0 Å². The van der Waals surface area contributed by atoms with Gasteiger partial charge in [-0.05, 0) is 53.9 Å². The highest BCUT2D eigenvalue weighted by molar-refractivity contribution is 5.86. The number of carbonyl (C=O) groups excluding carboxylic acids is 2. The second-order valence-electron chi connectivity index (χ2n) is 12.5. The van der Waals surface area contributed by atoms with Crippen molar-refractivity contribution >= 4 is 18.5 Å². The summed E-state index contributed by atoms with van der Waals surface area (Å²) < 4.78 is 4.74. The van der Waals surface area contributed by atoms with Gasteiger partial charge in [-0.3, -0.25) is 9.59 Å². The van der Waals surface area contributed by atoms with E-state index in [-0.39, 0.29) is 24.3 Å². The molecule has 0 spiro atoms. The molecule has 11 heteroatoms. The quantitative estimate of drug-likeness (QED) is 0.152. The first-order valence-electron chi connectivity index (χ1n) is 16.4. The van der Waals surface area contributed by atoms with Crippen molar-refractivity contribution in [3.63, 3.8) is 0 Å². The maximum atomic E-state index is 13.4. The zero-order valence-electron chi connectivity index (χ0n) is 27.2. The number of likely N-dealkylation sites (tertiary alicyclic amines) is 1. The normalized spacial score (nSPS) is 17.1. The molecule has 2 aliphatic rings. The third-order valence-electron chi connectivity index (χ3n) is 9.15. The molecule has 3 heterocycles. The number of alkyl carbamates (subject to hydrolysis) is 1. The first-order valence-corrected chi connectivity index (χ1v) is 16.4. The summed E-state index contributed by atoms with van der Waals surface area (Å²) in [6.45, 7) is 4.21. The number of nitrogens with one attached hydrogen (secondary N) is 3. The lowest BCUT2D eigenvalue weighted by molar-refractivity contribution is -0.135. The highest BCUT2D eigenvalue weighted by Gasteiger charge is 2.37. The molecule has 6 rings (SSSR count). The Morgan fingerprint density at radius 1 is 0.851 bits per heavy atom. The van der Waals surface area contributed by atoms with Gasteiger partial charge in [-0.15, -0.1) is 0 Å². The Balaban J connectivity index is 0.00000139. The smallest absolute Gasteiger partial charge is 0.407 e. The highest BCUT2D eigenvalue weighted by Crippen LogP contribution is 2.34. The number of rotatable bonds is 8. The van der Waals surface area contributed by atoms with Crippen LogP contribution in [0.15, 0.2) is 60.9 Å². The van der Waals surface area contributed by atoms with Crippen LogP contribution in [0.2, 0.25) is 0 Å². The fourth-order valence-corrected chi connectivity index (χ4v) is 6.60. The third-order valence-corrected chi connectivity index (χ3v) is 9.15. The number of carboxylic acid groups (broad SMARTS) is 1. The zero-order valence-corrected chi connectivity index (χ0v) is 27.2. The molecule has 0 radical (unpaired) electrons. The van der Waals surface area contributed by atoms with Crippen molar-refractivity contribution in [2.45, 2.75) is 76.8 Å². The predicted octanol–water partition coefficient (Wildman–Crippen LogP) is 6.93. The van der Waals surface area contributed by atoms with Crippen molar-refractivity contribution < 1.29 is 24.2 Å². The summed E-state index contributed by atoms with van der Waals surface area (Å²) in [4.78, 5) is 51.9. The Kier molecular flexibility index (Phi) is 11.1. The van der Waals surface area contributed by atoms with E-state index in [0.717, 1.165) is 58.1 Å². The lowest BCUT2D eigenvalue weighted by atomic mass is 9.89. The summed E-state index contributed by atoms with van der Waals surface area (Å²) in [7, 11) is 1.30. The molecule has 1 saturated carbocycles. The molecule has 248 valence electrons. The van der Waals surface area contributed by atoms with Crippen LogP contribution >= 0.6 is 0 Å². The molecule has 2 fully saturated rings. The van der Waals surface area contributed by atoms with E-state index < -0.39 is 12.1 Å². The number of aromatic nitrogens is 4. The predicted molar refractivity (Wildman–Crippen MR) is 179 cm³/mol. The van der Waals surface area contributed by atoms with E-state index in [9.17, 15) is 9.59 Å². The number of aromatic amines is 2. The van der Waals surface area contributed by atoms with Crippen molar-refractivity contribution in [2.75, 3.05) is 13.7 Å². The zero-order chi connectivity index (χ0) is 33.3. The van der Waals surface area contributed by atoms with Gasteiger partial charge in [-0.1, -0.05) is 81.6 Å². The fraction of sp³-hybridized carbons (Fsp3) is 0.417. The topological polar surface area (TPSA) is 153 Å². The maximum absolute atomic E-state index is 13.4. The van der Waals surface area contributed by atoms with Crippen LogP contribution in [-0.4, -0.2) is 68.1 Å². The van der Waals surface area contributed by atoms with E-state index in [1.165, 1.54) is 39.2 Å². The van der Waals surface area contributed by atoms with Crippen LogP contribution in [0.5, 0.6) is 0 Å². The second-order valence-corrected chi connectivity index (χ2v) is 12.5. The molecule has 4 aromatic rings. The van der Waals surface area contributed by atoms with Gasteiger partial charge in [0.1, 0.15) is 17.7 Å². The summed E-state index contributed by atoms with van der Waals surface area (Å²) in [6, 6.07) is 16.2. The van der Waals surface area contributed by atoms with Gasteiger partial charge in [-0.2, -0.15) is 0 Å². The number of nitrogens with zero attached hydrogens (tertiary/aromatic N) is 3. The first kappa shape index (κ1) is 33.4. The number of carbonyl (C=O) groups is 3. The Hall–Kier alpha value is -4.93. The number of imidazole rings is 2. The van der Waals surface area contributed by atoms with Crippen LogP contribution in [0.4, 0.5) is 4.79 Å². The largest absolute Gasteiger partial charge is 0.483 e. The van der Waals surface area contributed by atoms with E-state index in [2.05, 4.69) is 68.8 Å². The lowest BCUT2D eigenvalue weighted by Gasteiger charge is -2.30. The molecule has 2 aromatic heterocycles. The lowest BCUT2D eigenvalue weighted by Crippen LogP contribution is -2.51. The Morgan fingerprint density at radius 3 is 1.89 bits per heavy atom. The minimum absolute atomic E-state index is 0.0747. The third kappa shape index (κ3) is 7.90. The van der Waals surface area contributed by atoms with Gasteiger partial charge in [0.2, 0.25) is 5.91 Å². The molecule has 4 N–H and O–H groups in total. The molecule has 1 aliphatic heterocycles. The van der Waals surface area contributed by atoms with Crippen molar-refractivity contribution in [1.82, 2.24) is 30.2 Å². The Labute approximate surface area is 275 Å². The molecule has 1 aliphatic carbocycles. The van der Waals surface area contributed by atoms with E-state index in [1.807, 2.05) is 31.1 Å². The maximum Gasteiger partial charge on any atom is 0.407 e. The van der Waals surface area contributed by atoms with Gasteiger partial charge >= 0.3 is 6.09 Å². The van der Waals surface area contributed by atoms with Gasteiger partial charge in [0.25, 0.3) is 6.47 Å². The van der Waals surface area contributed by atoms with Gasteiger partial charge in [-0.25, -0.2) is 14.8 Å². The molecule has 2 unspecified atom stereocenters. The molecule has 2 amide bonds. The number of amides is 2. The molecule has 47 heavy (non-hydrogen) atoms. The summed E-state index contributed by atoms with van der Waals surface area (Å²) >= 11 is 0. The molecule has 1 saturated heterocycles. The standard InChI is InChI=1S/C35H42N6O3.CH2O2/c1-22(2)31(40-35(43)44-3)34(42)41-19-7-10-30(41)33-37-21-29(39-33)26-17-13-24(14-18-26)23-11-15-25(16-12-23)28-20-36-32(38-28)27-8-5-4-6-9-27;2-1-3/h11-18,20-22,27,30-31H,4-10,19H2,1-3H3,(H,36,38)(H,37,39)(H,40,43);1H,(H,2,3). The number of hydrogen-bond donors (Lipinski definition) is 4. The number of ether oxygens (including phenoxy) is 1. The SMILES string of the molecule is COC(=O)NC(C(=O)N1CCCC1c1ncc(-c2ccc(-c3ccc(-c4cnc(C5CCCCC5)[nH]4)cc3)cc2)[nH]1)C(C)C.O=CO. The van der Waals surface area contributed by atoms with Crippen molar-refractivity contribution in [1.29, 1.82) is 0 Å². The molecule has 11 nitrogen and oxygen atoms in total. The molecular formula is C36H44N6O5. The van der Waals surface area contributed by atoms with E-state index in [4.69, 9.17) is 19.6 Å². The number of methoxy groups -OCH3 is 1. The number of H-pyrrole nitrogens is 2. The summed E-state index contributed by atoms with van der Waals surface area (Å²) in [6.07, 6.45) is 11.3. The van der Waals surface area contributed by atoms with Crippen LogP contribution in [0.1, 0.15) is 82.4 Å². The molecule has 2 aromatic carbocycles.